The van der Waals surface area contributed by atoms with Crippen molar-refractivity contribution in [3.63, 3.8) is 0 Å². The lowest BCUT2D eigenvalue weighted by Gasteiger charge is -2.19. The molecule has 2 aromatic heterocycles. The van der Waals surface area contributed by atoms with Crippen molar-refractivity contribution in [2.75, 3.05) is 18.5 Å². The molecule has 0 aliphatic heterocycles. The van der Waals surface area contributed by atoms with Gasteiger partial charge in [-0.3, -0.25) is 4.79 Å². The van der Waals surface area contributed by atoms with E-state index >= 15 is 0 Å². The van der Waals surface area contributed by atoms with Crippen LogP contribution < -0.4 is 10.6 Å². The molecule has 0 atom stereocenters. The van der Waals surface area contributed by atoms with Gasteiger partial charge in [0.2, 0.25) is 5.91 Å². The van der Waals surface area contributed by atoms with Crippen LogP contribution in [0, 0.1) is 0 Å². The number of nitrogens with zero attached hydrogens (tertiary/aromatic N) is 4. The predicted molar refractivity (Wildman–Crippen MR) is 77.9 cm³/mol. The topological polar surface area (TPSA) is 77.0 Å². The summed E-state index contributed by atoms with van der Waals surface area (Å²) in [7, 11) is 1.91. The lowest BCUT2D eigenvalue weighted by atomic mass is 10.2. The summed E-state index contributed by atoms with van der Waals surface area (Å²) in [6.07, 6.45) is 7.84. The van der Waals surface area contributed by atoms with Crippen LogP contribution in [0.5, 0.6) is 0 Å². The molecule has 6 nitrogen and oxygen atoms in total. The van der Waals surface area contributed by atoms with Crippen LogP contribution in [0.3, 0.4) is 0 Å². The molecule has 0 aromatic carbocycles. The van der Waals surface area contributed by atoms with Crippen LogP contribution in [-0.2, 0) is 6.54 Å². The molecule has 2 rings (SSSR count). The molecule has 2 N–H and O–H groups in total. The van der Waals surface area contributed by atoms with Gasteiger partial charge in [0.1, 0.15) is 5.82 Å². The van der Waals surface area contributed by atoms with Gasteiger partial charge in [0.15, 0.2) is 0 Å². The van der Waals surface area contributed by atoms with Crippen molar-refractivity contribution in [2.45, 2.75) is 13.0 Å². The lowest BCUT2D eigenvalue weighted by Crippen LogP contribution is -2.22. The van der Waals surface area contributed by atoms with Crippen LogP contribution in [0.2, 0.25) is 5.02 Å². The Morgan fingerprint density at radius 3 is 2.95 bits per heavy atom. The maximum absolute atomic E-state index is 11.0. The number of aryl methyl sites for hydroxylation is 1. The maximum Gasteiger partial charge on any atom is 0.250 e. The number of primary amides is 1. The highest BCUT2D eigenvalue weighted by molar-refractivity contribution is 6.33. The van der Waals surface area contributed by atoms with E-state index in [1.54, 1.807) is 18.6 Å². The van der Waals surface area contributed by atoms with Crippen LogP contribution in [0.25, 0.3) is 0 Å². The number of amides is 1. The number of nitrogens with two attached hydrogens (primary N) is 1. The summed E-state index contributed by atoms with van der Waals surface area (Å²) in [6, 6.07) is 1.54. The Labute approximate surface area is 122 Å². The third-order valence-corrected chi connectivity index (χ3v) is 3.22. The molecular weight excluding hydrogens is 278 g/mol. The molecule has 0 saturated carbocycles. The molecular formula is C13H16ClN5O. The van der Waals surface area contributed by atoms with E-state index in [4.69, 9.17) is 17.3 Å². The summed E-state index contributed by atoms with van der Waals surface area (Å²) in [4.78, 5) is 21.2. The van der Waals surface area contributed by atoms with E-state index in [0.717, 1.165) is 19.5 Å². The second-order valence-electron chi connectivity index (χ2n) is 4.47. The number of halogens is 1. The molecule has 0 aliphatic carbocycles. The molecule has 0 radical (unpaired) electrons. The quantitative estimate of drug-likeness (QED) is 0.877. The molecule has 1 amide bonds. The first-order valence-corrected chi connectivity index (χ1v) is 6.58. The summed E-state index contributed by atoms with van der Waals surface area (Å²) in [5, 5.41) is 0.423. The van der Waals surface area contributed by atoms with Gasteiger partial charge in [-0.1, -0.05) is 11.6 Å². The smallest absolute Gasteiger partial charge is 0.250 e. The minimum Gasteiger partial charge on any atom is -0.366 e. The van der Waals surface area contributed by atoms with Crippen LogP contribution >= 0.6 is 11.6 Å². The minimum atomic E-state index is -0.534. The SMILES string of the molecule is CN(CCCn1ccnc1)c1ncc(C(N)=O)cc1Cl. The van der Waals surface area contributed by atoms with E-state index in [2.05, 4.69) is 9.97 Å². The van der Waals surface area contributed by atoms with E-state index in [9.17, 15) is 4.79 Å². The Hall–Kier alpha value is -2.08. The summed E-state index contributed by atoms with van der Waals surface area (Å²) in [5.41, 5.74) is 5.49. The van der Waals surface area contributed by atoms with Crippen molar-refractivity contribution in [2.24, 2.45) is 5.73 Å². The number of rotatable bonds is 6. The Bertz CT molecular complexity index is 584. The molecule has 0 spiro atoms. The second kappa shape index (κ2) is 6.38. The van der Waals surface area contributed by atoms with Crippen molar-refractivity contribution in [1.82, 2.24) is 14.5 Å². The predicted octanol–water partition coefficient (Wildman–Crippen LogP) is 1.56. The zero-order valence-electron chi connectivity index (χ0n) is 11.2. The first-order chi connectivity index (χ1) is 9.58. The van der Waals surface area contributed by atoms with Crippen LogP contribution in [0.1, 0.15) is 16.8 Å². The van der Waals surface area contributed by atoms with Crippen LogP contribution in [0.4, 0.5) is 5.82 Å². The van der Waals surface area contributed by atoms with Crippen molar-refractivity contribution in [3.8, 4) is 0 Å². The standard InChI is InChI=1S/C13H16ClN5O/c1-18(4-2-5-19-6-3-16-9-19)13-11(14)7-10(8-17-13)12(15)20/h3,6-9H,2,4-5H2,1H3,(H2,15,20). The van der Waals surface area contributed by atoms with Gasteiger partial charge in [-0.05, 0) is 12.5 Å². The molecule has 2 aromatic rings. The summed E-state index contributed by atoms with van der Waals surface area (Å²) < 4.78 is 2.01. The third kappa shape index (κ3) is 3.48. The molecule has 0 saturated heterocycles. The van der Waals surface area contributed by atoms with Gasteiger partial charge in [-0.15, -0.1) is 0 Å². The number of aromatic nitrogens is 3. The number of carbonyl (C=O) groups is 1. The fourth-order valence-corrected chi connectivity index (χ4v) is 2.17. The van der Waals surface area contributed by atoms with Crippen molar-refractivity contribution in [3.05, 3.63) is 41.6 Å². The molecule has 0 unspecified atom stereocenters. The minimum absolute atomic E-state index is 0.311. The highest BCUT2D eigenvalue weighted by Gasteiger charge is 2.10. The molecule has 0 aliphatic rings. The average Bonchev–Trinajstić information content (AvgIpc) is 2.91. The van der Waals surface area contributed by atoms with Crippen molar-refractivity contribution >= 4 is 23.3 Å². The number of imidazole rings is 1. The van der Waals surface area contributed by atoms with Gasteiger partial charge in [-0.25, -0.2) is 9.97 Å². The molecule has 20 heavy (non-hydrogen) atoms. The number of hydrogen-bond acceptors (Lipinski definition) is 4. The molecule has 0 fully saturated rings. The van der Waals surface area contributed by atoms with E-state index in [1.165, 1.54) is 6.20 Å². The van der Waals surface area contributed by atoms with Gasteiger partial charge in [0, 0.05) is 38.7 Å². The van der Waals surface area contributed by atoms with E-state index in [1.807, 2.05) is 22.7 Å². The van der Waals surface area contributed by atoms with Gasteiger partial charge in [0.25, 0.3) is 0 Å². The van der Waals surface area contributed by atoms with E-state index in [0.29, 0.717) is 16.4 Å². The largest absolute Gasteiger partial charge is 0.366 e. The molecule has 0 bridgehead atoms. The van der Waals surface area contributed by atoms with Gasteiger partial charge >= 0.3 is 0 Å². The Balaban J connectivity index is 1.95. The highest BCUT2D eigenvalue weighted by atomic mass is 35.5. The summed E-state index contributed by atoms with van der Waals surface area (Å²) >= 11 is 6.12. The molecule has 106 valence electrons. The van der Waals surface area contributed by atoms with Crippen LogP contribution in [-0.4, -0.2) is 34.0 Å². The first-order valence-electron chi connectivity index (χ1n) is 6.20. The van der Waals surface area contributed by atoms with E-state index in [-0.39, 0.29) is 0 Å². The molecule has 2 heterocycles. The fraction of sp³-hybridized carbons (Fsp3) is 0.308. The summed E-state index contributed by atoms with van der Waals surface area (Å²) in [5.74, 6) is 0.107. The van der Waals surface area contributed by atoms with Crippen molar-refractivity contribution < 1.29 is 4.79 Å². The highest BCUT2D eigenvalue weighted by Crippen LogP contribution is 2.23. The number of anilines is 1. The Kier molecular flexibility index (Phi) is 4.57. The van der Waals surface area contributed by atoms with Gasteiger partial charge in [0.05, 0.1) is 16.9 Å². The maximum atomic E-state index is 11.0. The lowest BCUT2D eigenvalue weighted by molar-refractivity contribution is 0.1000. The number of pyridine rings is 1. The number of hydrogen-bond donors (Lipinski definition) is 1. The monoisotopic (exact) mass is 293 g/mol. The number of carbonyl (C=O) groups excluding carboxylic acids is 1. The van der Waals surface area contributed by atoms with Gasteiger partial charge in [-0.2, -0.15) is 0 Å². The van der Waals surface area contributed by atoms with Crippen molar-refractivity contribution in [1.29, 1.82) is 0 Å². The second-order valence-corrected chi connectivity index (χ2v) is 4.88. The van der Waals surface area contributed by atoms with Crippen LogP contribution in [0.15, 0.2) is 31.0 Å². The van der Waals surface area contributed by atoms with Gasteiger partial charge < -0.3 is 15.2 Å². The first kappa shape index (κ1) is 14.3. The molecule has 7 heteroatoms. The summed E-state index contributed by atoms with van der Waals surface area (Å²) in [6.45, 7) is 1.67. The zero-order valence-corrected chi connectivity index (χ0v) is 11.9. The third-order valence-electron chi connectivity index (χ3n) is 2.94. The average molecular weight is 294 g/mol. The van der Waals surface area contributed by atoms with E-state index < -0.39 is 5.91 Å². The Morgan fingerprint density at radius 1 is 1.55 bits per heavy atom. The Morgan fingerprint density at radius 2 is 2.35 bits per heavy atom. The zero-order chi connectivity index (χ0) is 14.5. The normalized spacial score (nSPS) is 10.5. The fourth-order valence-electron chi connectivity index (χ4n) is 1.86.